The summed E-state index contributed by atoms with van der Waals surface area (Å²) < 4.78 is 0. The minimum Gasteiger partial charge on any atom is -0.478 e. The molecule has 1 atom stereocenters. The first-order valence-corrected chi connectivity index (χ1v) is 4.92. The number of carbonyl (C=O) groups is 2. The first-order valence-electron chi connectivity index (χ1n) is 4.92. The third kappa shape index (κ3) is 1.41. The number of nitrogens with zero attached hydrogens (tertiary/aromatic N) is 1. The SMILES string of the molecule is CC1C(=O)Nc2cccc(C(=O)O)c2N1C. The zero-order chi connectivity index (χ0) is 11.9. The lowest BCUT2D eigenvalue weighted by atomic mass is 10.1. The number of carbonyl (C=O) groups excluding carboxylic acids is 1. The van der Waals surface area contributed by atoms with Crippen molar-refractivity contribution in [1.82, 2.24) is 0 Å². The lowest BCUT2D eigenvalue weighted by Crippen LogP contribution is -2.44. The fraction of sp³-hybridized carbons (Fsp3) is 0.273. The smallest absolute Gasteiger partial charge is 0.337 e. The van der Waals surface area contributed by atoms with Crippen LogP contribution < -0.4 is 10.2 Å². The van der Waals surface area contributed by atoms with Crippen LogP contribution in [-0.4, -0.2) is 30.1 Å². The molecule has 0 aromatic heterocycles. The van der Waals surface area contributed by atoms with E-state index in [-0.39, 0.29) is 17.5 Å². The number of carboxylic acids is 1. The first-order chi connectivity index (χ1) is 7.52. The van der Waals surface area contributed by atoms with Gasteiger partial charge in [-0.25, -0.2) is 4.79 Å². The van der Waals surface area contributed by atoms with E-state index in [1.807, 2.05) is 0 Å². The Balaban J connectivity index is 2.62. The summed E-state index contributed by atoms with van der Waals surface area (Å²) in [5.41, 5.74) is 1.31. The summed E-state index contributed by atoms with van der Waals surface area (Å²) in [5, 5.41) is 11.8. The van der Waals surface area contributed by atoms with Gasteiger partial charge in [-0.1, -0.05) is 6.07 Å². The van der Waals surface area contributed by atoms with Crippen LogP contribution in [0.2, 0.25) is 0 Å². The molecule has 0 bridgehead atoms. The van der Waals surface area contributed by atoms with Gasteiger partial charge in [0, 0.05) is 7.05 Å². The van der Waals surface area contributed by atoms with Crippen molar-refractivity contribution in [3.8, 4) is 0 Å². The largest absolute Gasteiger partial charge is 0.478 e. The van der Waals surface area contributed by atoms with Gasteiger partial charge >= 0.3 is 5.97 Å². The van der Waals surface area contributed by atoms with Gasteiger partial charge in [0.15, 0.2) is 0 Å². The molecule has 1 aliphatic rings. The van der Waals surface area contributed by atoms with Crippen LogP contribution in [0.5, 0.6) is 0 Å². The standard InChI is InChI=1S/C11H12N2O3/c1-6-10(14)12-8-5-3-4-7(11(15)16)9(8)13(6)2/h3-6H,1-2H3,(H,12,14)(H,15,16). The summed E-state index contributed by atoms with van der Waals surface area (Å²) in [6.07, 6.45) is 0. The second-order valence-corrected chi connectivity index (χ2v) is 3.78. The third-order valence-corrected chi connectivity index (χ3v) is 2.84. The maximum Gasteiger partial charge on any atom is 0.337 e. The van der Waals surface area contributed by atoms with Crippen LogP contribution in [0, 0.1) is 0 Å². The van der Waals surface area contributed by atoms with E-state index in [1.165, 1.54) is 6.07 Å². The Labute approximate surface area is 92.7 Å². The number of amides is 1. The summed E-state index contributed by atoms with van der Waals surface area (Å²) in [7, 11) is 1.72. The van der Waals surface area contributed by atoms with Gasteiger partial charge < -0.3 is 15.3 Å². The molecule has 2 N–H and O–H groups in total. The van der Waals surface area contributed by atoms with E-state index in [1.54, 1.807) is 31.0 Å². The summed E-state index contributed by atoms with van der Waals surface area (Å²) in [5.74, 6) is -1.12. The molecule has 1 aromatic rings. The van der Waals surface area contributed by atoms with E-state index >= 15 is 0 Å². The molecule has 1 heterocycles. The second kappa shape index (κ2) is 3.52. The molecule has 0 spiro atoms. The zero-order valence-electron chi connectivity index (χ0n) is 9.02. The van der Waals surface area contributed by atoms with E-state index in [0.717, 1.165) is 0 Å². The fourth-order valence-corrected chi connectivity index (χ4v) is 1.80. The Morgan fingerprint density at radius 2 is 2.19 bits per heavy atom. The van der Waals surface area contributed by atoms with Gasteiger partial charge in [-0.3, -0.25) is 4.79 Å². The number of hydrogen-bond donors (Lipinski definition) is 2. The Morgan fingerprint density at radius 1 is 1.50 bits per heavy atom. The van der Waals surface area contributed by atoms with Gasteiger partial charge in [0.1, 0.15) is 6.04 Å². The van der Waals surface area contributed by atoms with Crippen molar-refractivity contribution < 1.29 is 14.7 Å². The molecule has 84 valence electrons. The fourth-order valence-electron chi connectivity index (χ4n) is 1.80. The minimum absolute atomic E-state index is 0.127. The van der Waals surface area contributed by atoms with E-state index in [0.29, 0.717) is 11.4 Å². The van der Waals surface area contributed by atoms with E-state index in [2.05, 4.69) is 5.32 Å². The number of carboxylic acid groups (broad SMARTS) is 1. The number of likely N-dealkylation sites (N-methyl/N-ethyl adjacent to an activating group) is 1. The summed E-state index contributed by atoms with van der Waals surface area (Å²) >= 11 is 0. The predicted octanol–water partition coefficient (Wildman–Crippen LogP) is 1.16. The van der Waals surface area contributed by atoms with Crippen molar-refractivity contribution in [2.24, 2.45) is 0 Å². The number of benzene rings is 1. The van der Waals surface area contributed by atoms with Gasteiger partial charge in [-0.15, -0.1) is 0 Å². The molecule has 0 radical (unpaired) electrons. The quantitative estimate of drug-likeness (QED) is 0.745. The van der Waals surface area contributed by atoms with E-state index in [9.17, 15) is 9.59 Å². The summed E-state index contributed by atoms with van der Waals surface area (Å²) in [6, 6.07) is 4.48. The lowest BCUT2D eigenvalue weighted by molar-refractivity contribution is -0.117. The molecule has 0 saturated heterocycles. The zero-order valence-corrected chi connectivity index (χ0v) is 9.02. The van der Waals surface area contributed by atoms with E-state index in [4.69, 9.17) is 5.11 Å². The minimum atomic E-state index is -0.993. The molecule has 0 aliphatic carbocycles. The number of rotatable bonds is 1. The average molecular weight is 220 g/mol. The Morgan fingerprint density at radius 3 is 2.81 bits per heavy atom. The number of aromatic carboxylic acids is 1. The lowest BCUT2D eigenvalue weighted by Gasteiger charge is -2.34. The van der Waals surface area contributed by atoms with Gasteiger partial charge in [-0.05, 0) is 19.1 Å². The average Bonchev–Trinajstić information content (AvgIpc) is 2.25. The van der Waals surface area contributed by atoms with Gasteiger partial charge in [0.05, 0.1) is 16.9 Å². The van der Waals surface area contributed by atoms with Gasteiger partial charge in [0.2, 0.25) is 5.91 Å². The van der Waals surface area contributed by atoms with Crippen LogP contribution >= 0.6 is 0 Å². The molecule has 5 heteroatoms. The molecule has 1 unspecified atom stereocenters. The molecule has 16 heavy (non-hydrogen) atoms. The summed E-state index contributed by atoms with van der Waals surface area (Å²) in [6.45, 7) is 1.73. The number of hydrogen-bond acceptors (Lipinski definition) is 3. The second-order valence-electron chi connectivity index (χ2n) is 3.78. The number of nitrogens with one attached hydrogen (secondary N) is 1. The Bertz CT molecular complexity index is 470. The maximum atomic E-state index is 11.5. The molecule has 5 nitrogen and oxygen atoms in total. The van der Waals surface area contributed by atoms with Crippen molar-refractivity contribution in [1.29, 1.82) is 0 Å². The van der Waals surface area contributed by atoms with E-state index < -0.39 is 5.97 Å². The topological polar surface area (TPSA) is 69.6 Å². The van der Waals surface area contributed by atoms with Crippen LogP contribution in [0.15, 0.2) is 18.2 Å². The normalized spacial score (nSPS) is 19.0. The molecule has 1 aliphatic heterocycles. The van der Waals surface area contributed by atoms with Gasteiger partial charge in [0.25, 0.3) is 0 Å². The monoisotopic (exact) mass is 220 g/mol. The number of para-hydroxylation sites is 1. The highest BCUT2D eigenvalue weighted by molar-refractivity contribution is 6.08. The van der Waals surface area contributed by atoms with Crippen molar-refractivity contribution in [3.63, 3.8) is 0 Å². The Hall–Kier alpha value is -2.04. The van der Waals surface area contributed by atoms with Crippen molar-refractivity contribution in [3.05, 3.63) is 23.8 Å². The first kappa shape index (κ1) is 10.5. The molecular formula is C11H12N2O3. The highest BCUT2D eigenvalue weighted by Gasteiger charge is 2.30. The van der Waals surface area contributed by atoms with Crippen molar-refractivity contribution >= 4 is 23.3 Å². The third-order valence-electron chi connectivity index (χ3n) is 2.84. The number of anilines is 2. The van der Waals surface area contributed by atoms with Crippen molar-refractivity contribution in [2.75, 3.05) is 17.3 Å². The van der Waals surface area contributed by atoms with Crippen LogP contribution in [0.4, 0.5) is 11.4 Å². The maximum absolute atomic E-state index is 11.5. The van der Waals surface area contributed by atoms with Crippen LogP contribution in [0.25, 0.3) is 0 Å². The predicted molar refractivity (Wildman–Crippen MR) is 59.9 cm³/mol. The molecule has 1 aromatic carbocycles. The highest BCUT2D eigenvalue weighted by Crippen LogP contribution is 2.34. The van der Waals surface area contributed by atoms with Crippen LogP contribution in [0.3, 0.4) is 0 Å². The Kier molecular flexibility index (Phi) is 2.30. The molecule has 0 fully saturated rings. The van der Waals surface area contributed by atoms with Crippen molar-refractivity contribution in [2.45, 2.75) is 13.0 Å². The number of fused-ring (bicyclic) bond motifs is 1. The van der Waals surface area contributed by atoms with Crippen LogP contribution in [0.1, 0.15) is 17.3 Å². The highest BCUT2D eigenvalue weighted by atomic mass is 16.4. The molecule has 0 saturated carbocycles. The molecule has 1 amide bonds. The summed E-state index contributed by atoms with van der Waals surface area (Å²) in [4.78, 5) is 24.3. The molecular weight excluding hydrogens is 208 g/mol. The van der Waals surface area contributed by atoms with Gasteiger partial charge in [-0.2, -0.15) is 0 Å². The van der Waals surface area contributed by atoms with Crippen LogP contribution in [-0.2, 0) is 4.79 Å². The molecule has 2 rings (SSSR count).